The molecule has 1 N–H and O–H groups in total. The predicted octanol–water partition coefficient (Wildman–Crippen LogP) is 4.96. The molecule has 0 saturated heterocycles. The lowest BCUT2D eigenvalue weighted by atomic mass is 10.2. The number of pyridine rings is 1. The lowest BCUT2D eigenvalue weighted by Gasteiger charge is -2.10. The minimum atomic E-state index is -0.312. The van der Waals surface area contributed by atoms with Gasteiger partial charge in [-0.3, -0.25) is 10.1 Å². The molecule has 3 rings (SSSR count). The first-order chi connectivity index (χ1) is 11.5. The van der Waals surface area contributed by atoms with Crippen molar-refractivity contribution < 1.29 is 9.53 Å². The highest BCUT2D eigenvalue weighted by Crippen LogP contribution is 2.29. The van der Waals surface area contributed by atoms with E-state index in [2.05, 4.69) is 15.3 Å². The lowest BCUT2D eigenvalue weighted by Crippen LogP contribution is -2.13. The number of rotatable bonds is 5. The van der Waals surface area contributed by atoms with Gasteiger partial charge in [0.1, 0.15) is 5.02 Å². The zero-order valence-electron chi connectivity index (χ0n) is 12.9. The third kappa shape index (κ3) is 3.92. The first kappa shape index (κ1) is 16.9. The van der Waals surface area contributed by atoms with Crippen LogP contribution in [0.5, 0.6) is 5.88 Å². The van der Waals surface area contributed by atoms with Crippen LogP contribution in [0.15, 0.2) is 35.2 Å². The van der Waals surface area contributed by atoms with Crippen molar-refractivity contribution >= 4 is 45.3 Å². The van der Waals surface area contributed by atoms with Gasteiger partial charge in [0.15, 0.2) is 5.13 Å². The van der Waals surface area contributed by atoms with Crippen LogP contribution in [-0.4, -0.2) is 22.0 Å². The highest BCUT2D eigenvalue weighted by Gasteiger charge is 2.14. The van der Waals surface area contributed by atoms with Gasteiger partial charge in [-0.2, -0.15) is 0 Å². The average molecular weight is 380 g/mol. The van der Waals surface area contributed by atoms with Crippen molar-refractivity contribution in [1.29, 1.82) is 0 Å². The van der Waals surface area contributed by atoms with Crippen molar-refractivity contribution in [2.24, 2.45) is 0 Å². The van der Waals surface area contributed by atoms with Crippen LogP contribution in [-0.2, 0) is 0 Å². The van der Waals surface area contributed by atoms with E-state index in [9.17, 15) is 4.79 Å². The molecule has 0 atom stereocenters. The number of hydrogen-bond acceptors (Lipinski definition) is 6. The molecule has 5 nitrogen and oxygen atoms in total. The number of halogens is 1. The number of amides is 1. The van der Waals surface area contributed by atoms with Gasteiger partial charge in [-0.15, -0.1) is 22.7 Å². The normalized spacial score (nSPS) is 10.8. The van der Waals surface area contributed by atoms with Gasteiger partial charge in [-0.25, -0.2) is 9.97 Å². The smallest absolute Gasteiger partial charge is 0.259 e. The molecule has 0 radical (unpaired) electrons. The summed E-state index contributed by atoms with van der Waals surface area (Å²) in [6.45, 7) is 3.76. The fraction of sp³-hybridized carbons (Fsp3) is 0.188. The van der Waals surface area contributed by atoms with Crippen molar-refractivity contribution in [1.82, 2.24) is 9.97 Å². The maximum Gasteiger partial charge on any atom is 0.259 e. The van der Waals surface area contributed by atoms with E-state index in [-0.39, 0.29) is 12.0 Å². The zero-order valence-corrected chi connectivity index (χ0v) is 15.3. The summed E-state index contributed by atoms with van der Waals surface area (Å²) in [7, 11) is 0. The molecule has 0 aromatic carbocycles. The Bertz CT molecular complexity index is 847. The van der Waals surface area contributed by atoms with Gasteiger partial charge in [0.2, 0.25) is 5.88 Å². The number of ether oxygens (including phenoxy) is 1. The van der Waals surface area contributed by atoms with E-state index < -0.39 is 0 Å². The van der Waals surface area contributed by atoms with Crippen LogP contribution < -0.4 is 10.1 Å². The summed E-state index contributed by atoms with van der Waals surface area (Å²) in [5.74, 6) is 0.00465. The lowest BCUT2D eigenvalue weighted by molar-refractivity contribution is 0.102. The van der Waals surface area contributed by atoms with E-state index in [1.165, 1.54) is 23.6 Å². The number of hydrogen-bond donors (Lipinski definition) is 1. The van der Waals surface area contributed by atoms with Crippen LogP contribution in [0.3, 0.4) is 0 Å². The molecule has 0 fully saturated rings. The monoisotopic (exact) mass is 379 g/mol. The highest BCUT2D eigenvalue weighted by atomic mass is 35.5. The number of anilines is 1. The quantitative estimate of drug-likeness (QED) is 0.680. The molecule has 0 unspecified atom stereocenters. The molecular formula is C16H14ClN3O2S2. The van der Waals surface area contributed by atoms with Gasteiger partial charge in [0, 0.05) is 11.6 Å². The number of nitrogens with one attached hydrogen (secondary N) is 1. The Morgan fingerprint density at radius 2 is 2.21 bits per heavy atom. The molecular weight excluding hydrogens is 366 g/mol. The molecule has 0 aliphatic heterocycles. The number of nitrogens with zero attached hydrogens (tertiary/aromatic N) is 2. The van der Waals surface area contributed by atoms with Crippen LogP contribution in [0.4, 0.5) is 5.13 Å². The summed E-state index contributed by atoms with van der Waals surface area (Å²) in [4.78, 5) is 21.9. The Labute approximate surface area is 152 Å². The number of aromatic nitrogens is 2. The molecule has 0 spiro atoms. The number of carbonyl (C=O) groups is 1. The Morgan fingerprint density at radius 1 is 1.38 bits per heavy atom. The minimum Gasteiger partial charge on any atom is -0.474 e. The van der Waals surface area contributed by atoms with Crippen molar-refractivity contribution in [3.8, 4) is 16.5 Å². The molecule has 0 aliphatic rings. The minimum absolute atomic E-state index is 0.0410. The molecule has 124 valence electrons. The maximum atomic E-state index is 12.3. The number of carbonyl (C=O) groups excluding carboxylic acids is 1. The average Bonchev–Trinajstić information content (AvgIpc) is 3.19. The predicted molar refractivity (Wildman–Crippen MR) is 98.4 cm³/mol. The van der Waals surface area contributed by atoms with Gasteiger partial charge in [0.25, 0.3) is 5.91 Å². The molecule has 3 aromatic rings. The van der Waals surface area contributed by atoms with Crippen molar-refractivity contribution in [2.45, 2.75) is 20.0 Å². The summed E-state index contributed by atoms with van der Waals surface area (Å²) < 4.78 is 5.46. The second-order valence-electron chi connectivity index (χ2n) is 5.15. The highest BCUT2D eigenvalue weighted by molar-refractivity contribution is 7.16. The van der Waals surface area contributed by atoms with E-state index in [0.717, 1.165) is 10.6 Å². The van der Waals surface area contributed by atoms with Crippen LogP contribution in [0.1, 0.15) is 24.2 Å². The van der Waals surface area contributed by atoms with E-state index in [1.54, 1.807) is 11.3 Å². The molecule has 0 saturated carbocycles. The summed E-state index contributed by atoms with van der Waals surface area (Å²) in [6.07, 6.45) is 1.40. The molecule has 0 aliphatic carbocycles. The maximum absolute atomic E-state index is 12.3. The standard InChI is InChI=1S/C16H14ClN3O2S2/c1-9(2)22-15-11(17)6-10(7-18-15)14(21)20-16-19-12(8-24-16)13-4-3-5-23-13/h3-9H,1-2H3,(H,19,20,21). The summed E-state index contributed by atoms with van der Waals surface area (Å²) >= 11 is 9.09. The molecule has 3 aromatic heterocycles. The largest absolute Gasteiger partial charge is 0.474 e. The second kappa shape index (κ2) is 7.29. The Balaban J connectivity index is 1.72. The van der Waals surface area contributed by atoms with Crippen LogP contribution in [0, 0.1) is 0 Å². The number of thiazole rings is 1. The third-order valence-electron chi connectivity index (χ3n) is 2.92. The first-order valence-electron chi connectivity index (χ1n) is 7.16. The molecule has 8 heteroatoms. The van der Waals surface area contributed by atoms with Crippen molar-refractivity contribution in [3.63, 3.8) is 0 Å². The third-order valence-corrected chi connectivity index (χ3v) is 4.84. The first-order valence-corrected chi connectivity index (χ1v) is 9.29. The van der Waals surface area contributed by atoms with Crippen LogP contribution in [0.2, 0.25) is 5.02 Å². The van der Waals surface area contributed by atoms with Gasteiger partial charge >= 0.3 is 0 Å². The topological polar surface area (TPSA) is 64.1 Å². The zero-order chi connectivity index (χ0) is 17.1. The summed E-state index contributed by atoms with van der Waals surface area (Å²) in [6, 6.07) is 5.49. The van der Waals surface area contributed by atoms with Gasteiger partial charge in [-0.05, 0) is 31.4 Å². The summed E-state index contributed by atoms with van der Waals surface area (Å²) in [5.41, 5.74) is 1.20. The Kier molecular flexibility index (Phi) is 5.13. The molecule has 1 amide bonds. The van der Waals surface area contributed by atoms with E-state index in [0.29, 0.717) is 21.6 Å². The fourth-order valence-corrected chi connectivity index (χ4v) is 3.57. The Hall–Kier alpha value is -1.96. The number of thiophene rings is 1. The Morgan fingerprint density at radius 3 is 2.88 bits per heavy atom. The van der Waals surface area contributed by atoms with E-state index >= 15 is 0 Å². The SMILES string of the molecule is CC(C)Oc1ncc(C(=O)Nc2nc(-c3cccs3)cs2)cc1Cl. The molecule has 0 bridgehead atoms. The van der Waals surface area contributed by atoms with E-state index in [1.807, 2.05) is 36.7 Å². The van der Waals surface area contributed by atoms with Crippen LogP contribution >= 0.6 is 34.3 Å². The van der Waals surface area contributed by atoms with Gasteiger partial charge in [-0.1, -0.05) is 17.7 Å². The van der Waals surface area contributed by atoms with Crippen LogP contribution in [0.25, 0.3) is 10.6 Å². The summed E-state index contributed by atoms with van der Waals surface area (Å²) in [5, 5.41) is 7.49. The van der Waals surface area contributed by atoms with Gasteiger partial charge < -0.3 is 4.74 Å². The second-order valence-corrected chi connectivity index (χ2v) is 7.36. The van der Waals surface area contributed by atoms with Crippen molar-refractivity contribution in [2.75, 3.05) is 5.32 Å². The van der Waals surface area contributed by atoms with E-state index in [4.69, 9.17) is 16.3 Å². The van der Waals surface area contributed by atoms with Gasteiger partial charge in [0.05, 0.1) is 22.2 Å². The van der Waals surface area contributed by atoms with Crippen molar-refractivity contribution in [3.05, 3.63) is 45.7 Å². The molecule has 3 heterocycles. The fourth-order valence-electron chi connectivity index (χ4n) is 1.90. The molecule has 24 heavy (non-hydrogen) atoms.